The maximum Gasteiger partial charge on any atom is 0.253 e. The second kappa shape index (κ2) is 8.82. The van der Waals surface area contributed by atoms with Crippen molar-refractivity contribution in [2.24, 2.45) is 5.92 Å². The fourth-order valence-electron chi connectivity index (χ4n) is 2.97. The molecule has 0 N–H and O–H groups in total. The lowest BCUT2D eigenvalue weighted by molar-refractivity contribution is 0.0683. The first-order valence-electron chi connectivity index (χ1n) is 8.73. The minimum absolute atomic E-state index is 0.154. The van der Waals surface area contributed by atoms with Crippen molar-refractivity contribution in [1.82, 2.24) is 4.90 Å². The molecule has 3 heteroatoms. The zero-order valence-corrected chi connectivity index (χ0v) is 14.0. The van der Waals surface area contributed by atoms with Crippen LogP contribution in [-0.4, -0.2) is 30.5 Å². The van der Waals surface area contributed by atoms with Gasteiger partial charge >= 0.3 is 0 Å². The summed E-state index contributed by atoms with van der Waals surface area (Å²) in [4.78, 5) is 14.5. The van der Waals surface area contributed by atoms with Crippen LogP contribution in [0.5, 0.6) is 5.75 Å². The Morgan fingerprint density at radius 2 is 2.00 bits per heavy atom. The maximum atomic E-state index is 12.5. The molecule has 0 aliphatic carbocycles. The number of likely N-dealkylation sites (tertiary alicyclic amines) is 1. The van der Waals surface area contributed by atoms with E-state index in [1.807, 2.05) is 29.2 Å². The molecule has 1 saturated heterocycles. The minimum Gasteiger partial charge on any atom is -0.494 e. The van der Waals surface area contributed by atoms with Crippen LogP contribution < -0.4 is 4.74 Å². The normalized spacial score (nSPS) is 18.3. The number of ether oxygens (including phenoxy) is 1. The van der Waals surface area contributed by atoms with Gasteiger partial charge in [0.25, 0.3) is 5.91 Å². The fraction of sp³-hybridized carbons (Fsp3) is 0.632. The molecule has 0 bridgehead atoms. The van der Waals surface area contributed by atoms with Crippen molar-refractivity contribution in [3.05, 3.63) is 29.8 Å². The molecule has 0 radical (unpaired) electrons. The van der Waals surface area contributed by atoms with Gasteiger partial charge in [-0.1, -0.05) is 33.1 Å². The van der Waals surface area contributed by atoms with E-state index >= 15 is 0 Å². The highest BCUT2D eigenvalue weighted by Crippen LogP contribution is 2.19. The number of piperidine rings is 1. The van der Waals surface area contributed by atoms with Crippen LogP contribution in [0.2, 0.25) is 0 Å². The van der Waals surface area contributed by atoms with Crippen LogP contribution in [0.4, 0.5) is 0 Å². The number of hydrogen-bond donors (Lipinski definition) is 0. The first kappa shape index (κ1) is 16.9. The number of benzene rings is 1. The summed E-state index contributed by atoms with van der Waals surface area (Å²) in [6.07, 6.45) is 7.18. The first-order chi connectivity index (χ1) is 10.7. The first-order valence-corrected chi connectivity index (χ1v) is 8.73. The van der Waals surface area contributed by atoms with Gasteiger partial charge in [0.2, 0.25) is 0 Å². The van der Waals surface area contributed by atoms with E-state index in [-0.39, 0.29) is 5.91 Å². The van der Waals surface area contributed by atoms with E-state index in [0.29, 0.717) is 5.92 Å². The van der Waals surface area contributed by atoms with Crippen molar-refractivity contribution < 1.29 is 9.53 Å². The van der Waals surface area contributed by atoms with Crippen molar-refractivity contribution in [3.8, 4) is 5.75 Å². The van der Waals surface area contributed by atoms with Gasteiger partial charge in [0.15, 0.2) is 0 Å². The highest BCUT2D eigenvalue weighted by Gasteiger charge is 2.21. The van der Waals surface area contributed by atoms with Crippen LogP contribution in [0, 0.1) is 5.92 Å². The van der Waals surface area contributed by atoms with E-state index in [9.17, 15) is 4.79 Å². The summed E-state index contributed by atoms with van der Waals surface area (Å²) in [6.45, 7) is 6.96. The van der Waals surface area contributed by atoms with E-state index in [0.717, 1.165) is 43.9 Å². The summed E-state index contributed by atoms with van der Waals surface area (Å²) in [5.41, 5.74) is 0.771. The zero-order chi connectivity index (χ0) is 15.8. The number of nitrogens with zero attached hydrogens (tertiary/aromatic N) is 1. The van der Waals surface area contributed by atoms with Crippen molar-refractivity contribution >= 4 is 5.91 Å². The zero-order valence-electron chi connectivity index (χ0n) is 14.0. The second-order valence-electron chi connectivity index (χ2n) is 6.43. The van der Waals surface area contributed by atoms with Gasteiger partial charge in [0, 0.05) is 18.7 Å². The molecule has 1 aliphatic heterocycles. The highest BCUT2D eigenvalue weighted by molar-refractivity contribution is 5.94. The molecule has 1 atom stereocenters. The third-order valence-corrected chi connectivity index (χ3v) is 4.31. The van der Waals surface area contributed by atoms with Crippen molar-refractivity contribution in [1.29, 1.82) is 0 Å². The lowest BCUT2D eigenvalue weighted by Gasteiger charge is -2.31. The molecule has 0 spiro atoms. The molecular formula is C19H29NO2. The molecule has 1 heterocycles. The Labute approximate surface area is 134 Å². The molecule has 0 aromatic heterocycles. The van der Waals surface area contributed by atoms with Crippen LogP contribution in [-0.2, 0) is 0 Å². The predicted octanol–water partition coefficient (Wildman–Crippen LogP) is 4.52. The van der Waals surface area contributed by atoms with Gasteiger partial charge in [-0.3, -0.25) is 4.79 Å². The van der Waals surface area contributed by atoms with E-state index in [4.69, 9.17) is 4.74 Å². The number of hydrogen-bond acceptors (Lipinski definition) is 2. The molecule has 1 unspecified atom stereocenters. The SMILES string of the molecule is CCCCCCOc1ccc(C(=O)N2CCCC(C)C2)cc1. The van der Waals surface area contributed by atoms with E-state index in [1.54, 1.807) is 0 Å². The molecular weight excluding hydrogens is 274 g/mol. The average molecular weight is 303 g/mol. The van der Waals surface area contributed by atoms with Crippen molar-refractivity contribution in [2.75, 3.05) is 19.7 Å². The Morgan fingerprint density at radius 1 is 1.23 bits per heavy atom. The van der Waals surface area contributed by atoms with E-state index in [2.05, 4.69) is 13.8 Å². The number of carbonyl (C=O) groups excluding carboxylic acids is 1. The Bertz CT molecular complexity index is 455. The molecule has 1 aromatic rings. The molecule has 1 fully saturated rings. The Kier molecular flexibility index (Phi) is 6.75. The van der Waals surface area contributed by atoms with Crippen molar-refractivity contribution in [2.45, 2.75) is 52.4 Å². The monoisotopic (exact) mass is 303 g/mol. The summed E-state index contributed by atoms with van der Waals surface area (Å²) in [7, 11) is 0. The smallest absolute Gasteiger partial charge is 0.253 e. The largest absolute Gasteiger partial charge is 0.494 e. The summed E-state index contributed by atoms with van der Waals surface area (Å²) < 4.78 is 5.72. The van der Waals surface area contributed by atoms with Gasteiger partial charge in [-0.15, -0.1) is 0 Å². The summed E-state index contributed by atoms with van der Waals surface area (Å²) >= 11 is 0. The summed E-state index contributed by atoms with van der Waals surface area (Å²) in [6, 6.07) is 7.62. The molecule has 1 amide bonds. The predicted molar refractivity (Wildman–Crippen MR) is 90.4 cm³/mol. The van der Waals surface area contributed by atoms with E-state index in [1.165, 1.54) is 25.7 Å². The third-order valence-electron chi connectivity index (χ3n) is 4.31. The Balaban J connectivity index is 1.81. The number of unbranched alkanes of at least 4 members (excludes halogenated alkanes) is 3. The molecule has 1 aromatic carbocycles. The standard InChI is InChI=1S/C19H29NO2/c1-3-4-5-6-14-22-18-11-9-17(10-12-18)19(21)20-13-7-8-16(2)15-20/h9-12,16H,3-8,13-15H2,1-2H3. The number of carbonyl (C=O) groups is 1. The number of amides is 1. The fourth-order valence-corrected chi connectivity index (χ4v) is 2.97. The third kappa shape index (κ3) is 5.04. The van der Waals surface area contributed by atoms with Crippen LogP contribution in [0.1, 0.15) is 62.7 Å². The van der Waals surface area contributed by atoms with Crippen LogP contribution in [0.3, 0.4) is 0 Å². The lowest BCUT2D eigenvalue weighted by atomic mass is 9.99. The molecule has 22 heavy (non-hydrogen) atoms. The minimum atomic E-state index is 0.154. The molecule has 0 saturated carbocycles. The van der Waals surface area contributed by atoms with Gasteiger partial charge in [-0.25, -0.2) is 0 Å². The molecule has 1 aliphatic rings. The van der Waals surface area contributed by atoms with Crippen LogP contribution in [0.25, 0.3) is 0 Å². The van der Waals surface area contributed by atoms with Crippen LogP contribution in [0.15, 0.2) is 24.3 Å². The summed E-state index contributed by atoms with van der Waals surface area (Å²) in [5, 5.41) is 0. The average Bonchev–Trinajstić information content (AvgIpc) is 2.54. The van der Waals surface area contributed by atoms with Gasteiger partial charge in [-0.05, 0) is 49.4 Å². The van der Waals surface area contributed by atoms with Gasteiger partial charge in [-0.2, -0.15) is 0 Å². The number of rotatable bonds is 7. The Hall–Kier alpha value is -1.51. The molecule has 122 valence electrons. The van der Waals surface area contributed by atoms with Gasteiger partial charge < -0.3 is 9.64 Å². The lowest BCUT2D eigenvalue weighted by Crippen LogP contribution is -2.39. The molecule has 2 rings (SSSR count). The van der Waals surface area contributed by atoms with E-state index < -0.39 is 0 Å². The van der Waals surface area contributed by atoms with Crippen molar-refractivity contribution in [3.63, 3.8) is 0 Å². The topological polar surface area (TPSA) is 29.5 Å². The highest BCUT2D eigenvalue weighted by atomic mass is 16.5. The van der Waals surface area contributed by atoms with Crippen LogP contribution >= 0.6 is 0 Å². The van der Waals surface area contributed by atoms with Gasteiger partial charge in [0.05, 0.1) is 6.61 Å². The summed E-state index contributed by atoms with van der Waals surface area (Å²) in [5.74, 6) is 1.63. The molecule has 3 nitrogen and oxygen atoms in total. The quantitative estimate of drug-likeness (QED) is 0.693. The second-order valence-corrected chi connectivity index (χ2v) is 6.43. The Morgan fingerprint density at radius 3 is 2.68 bits per heavy atom. The maximum absolute atomic E-state index is 12.5. The van der Waals surface area contributed by atoms with Gasteiger partial charge in [0.1, 0.15) is 5.75 Å².